The van der Waals surface area contributed by atoms with Crippen molar-refractivity contribution in [3.63, 3.8) is 0 Å². The molecule has 2 heterocycles. The van der Waals surface area contributed by atoms with Gasteiger partial charge in [-0.05, 0) is 47.2 Å². The van der Waals surface area contributed by atoms with Crippen LogP contribution in [-0.2, 0) is 0 Å². The number of hydrogen-bond acceptors (Lipinski definition) is 6. The average molecular weight is 270 g/mol. The van der Waals surface area contributed by atoms with Crippen molar-refractivity contribution in [2.24, 2.45) is 0 Å². The van der Waals surface area contributed by atoms with Crippen LogP contribution >= 0.6 is 0 Å². The molecule has 0 fully saturated rings. The molecule has 0 atom stereocenters. The van der Waals surface area contributed by atoms with Gasteiger partial charge in [-0.3, -0.25) is 0 Å². The van der Waals surface area contributed by atoms with E-state index in [9.17, 15) is 0 Å². The summed E-state index contributed by atoms with van der Waals surface area (Å²) in [5.41, 5.74) is 1.80. The zero-order valence-corrected chi connectivity index (χ0v) is 11.0. The molecule has 0 aliphatic heterocycles. The number of ether oxygens (including phenoxy) is 1. The molecule has 1 aromatic carbocycles. The first-order valence-electron chi connectivity index (χ1n) is 6.30. The van der Waals surface area contributed by atoms with Crippen LogP contribution in [0.25, 0.3) is 5.65 Å². The molecule has 3 rings (SSSR count). The van der Waals surface area contributed by atoms with Gasteiger partial charge in [0, 0.05) is 0 Å². The molecule has 0 unspecified atom stereocenters. The third-order valence-corrected chi connectivity index (χ3v) is 2.74. The number of anilines is 1. The zero-order chi connectivity index (χ0) is 13.8. The van der Waals surface area contributed by atoms with Crippen molar-refractivity contribution in [2.45, 2.75) is 6.92 Å². The first-order valence-corrected chi connectivity index (χ1v) is 6.30. The number of tetrazole rings is 1. The van der Waals surface area contributed by atoms with Gasteiger partial charge in [0.2, 0.25) is 0 Å². The first kappa shape index (κ1) is 12.3. The van der Waals surface area contributed by atoms with Gasteiger partial charge in [-0.25, -0.2) is 0 Å². The van der Waals surface area contributed by atoms with Crippen molar-refractivity contribution in [2.75, 3.05) is 18.5 Å². The Morgan fingerprint density at radius 2 is 2.20 bits per heavy atom. The molecule has 1 N–H and O–H groups in total. The molecule has 102 valence electrons. The molecule has 2 aromatic heterocycles. The lowest BCUT2D eigenvalue weighted by Gasteiger charge is -2.08. The van der Waals surface area contributed by atoms with Crippen molar-refractivity contribution in [1.82, 2.24) is 25.3 Å². The van der Waals surface area contributed by atoms with E-state index in [0.29, 0.717) is 24.6 Å². The average Bonchev–Trinajstić information content (AvgIpc) is 2.91. The third kappa shape index (κ3) is 2.82. The summed E-state index contributed by atoms with van der Waals surface area (Å²) in [6.07, 6.45) is 0. The number of nitrogens with zero attached hydrogens (tertiary/aromatic N) is 5. The topological polar surface area (TPSA) is 77.2 Å². The molecule has 0 saturated carbocycles. The summed E-state index contributed by atoms with van der Waals surface area (Å²) in [4.78, 5) is 0. The monoisotopic (exact) mass is 270 g/mol. The molecule has 0 spiro atoms. The summed E-state index contributed by atoms with van der Waals surface area (Å²) in [7, 11) is 0. The Kier molecular flexibility index (Phi) is 3.40. The van der Waals surface area contributed by atoms with E-state index in [1.165, 1.54) is 10.2 Å². The number of fused-ring (bicyclic) bond motifs is 1. The fourth-order valence-electron chi connectivity index (χ4n) is 1.80. The number of aryl methyl sites for hydroxylation is 1. The number of nitrogens with one attached hydrogen (secondary N) is 1. The Morgan fingerprint density at radius 1 is 1.25 bits per heavy atom. The van der Waals surface area contributed by atoms with E-state index in [2.05, 4.69) is 25.9 Å². The van der Waals surface area contributed by atoms with Crippen LogP contribution < -0.4 is 10.1 Å². The van der Waals surface area contributed by atoms with E-state index >= 15 is 0 Å². The maximum atomic E-state index is 5.64. The van der Waals surface area contributed by atoms with Crippen molar-refractivity contribution < 1.29 is 4.74 Å². The van der Waals surface area contributed by atoms with Crippen molar-refractivity contribution in [3.8, 4) is 5.75 Å². The van der Waals surface area contributed by atoms with Crippen LogP contribution in [0.5, 0.6) is 5.75 Å². The Hall–Kier alpha value is -2.70. The smallest absolute Gasteiger partial charge is 0.200 e. The van der Waals surface area contributed by atoms with Crippen LogP contribution in [0.2, 0.25) is 0 Å². The Morgan fingerprint density at radius 3 is 3.10 bits per heavy atom. The minimum absolute atomic E-state index is 0.554. The van der Waals surface area contributed by atoms with Crippen LogP contribution in [0.4, 0.5) is 5.82 Å². The molecule has 0 amide bonds. The van der Waals surface area contributed by atoms with Crippen LogP contribution in [0, 0.1) is 6.92 Å². The molecule has 0 aliphatic carbocycles. The highest BCUT2D eigenvalue weighted by atomic mass is 16.5. The predicted octanol–water partition coefficient (Wildman–Crippen LogP) is 1.32. The quantitative estimate of drug-likeness (QED) is 0.704. The van der Waals surface area contributed by atoms with Crippen LogP contribution in [0.1, 0.15) is 5.56 Å². The highest BCUT2D eigenvalue weighted by molar-refractivity contribution is 5.42. The fourth-order valence-corrected chi connectivity index (χ4v) is 1.80. The summed E-state index contributed by atoms with van der Waals surface area (Å²) >= 11 is 0. The zero-order valence-electron chi connectivity index (χ0n) is 11.0. The molecule has 7 nitrogen and oxygen atoms in total. The molecule has 0 aliphatic rings. The van der Waals surface area contributed by atoms with E-state index in [1.807, 2.05) is 37.3 Å². The van der Waals surface area contributed by atoms with E-state index in [4.69, 9.17) is 4.74 Å². The van der Waals surface area contributed by atoms with Crippen molar-refractivity contribution >= 4 is 11.5 Å². The molecule has 3 aromatic rings. The largest absolute Gasteiger partial charge is 0.492 e. The van der Waals surface area contributed by atoms with Crippen molar-refractivity contribution in [3.05, 3.63) is 42.0 Å². The van der Waals surface area contributed by atoms with Crippen molar-refractivity contribution in [1.29, 1.82) is 0 Å². The number of hydrogen-bond donors (Lipinski definition) is 1. The minimum atomic E-state index is 0.554. The second-order valence-corrected chi connectivity index (χ2v) is 4.34. The minimum Gasteiger partial charge on any atom is -0.492 e. The van der Waals surface area contributed by atoms with Gasteiger partial charge in [0.25, 0.3) is 0 Å². The van der Waals surface area contributed by atoms with Gasteiger partial charge < -0.3 is 10.1 Å². The third-order valence-electron chi connectivity index (χ3n) is 2.74. The second-order valence-electron chi connectivity index (χ2n) is 4.34. The second kappa shape index (κ2) is 5.52. The maximum Gasteiger partial charge on any atom is 0.200 e. The van der Waals surface area contributed by atoms with Gasteiger partial charge in [0.05, 0.1) is 6.54 Å². The van der Waals surface area contributed by atoms with Gasteiger partial charge >= 0.3 is 0 Å². The lowest BCUT2D eigenvalue weighted by atomic mass is 10.2. The van der Waals surface area contributed by atoms with Crippen LogP contribution in [-0.4, -0.2) is 38.4 Å². The first-order chi connectivity index (χ1) is 9.81. The Balaban J connectivity index is 1.52. The normalized spacial score (nSPS) is 10.7. The van der Waals surface area contributed by atoms with Crippen LogP contribution in [0.3, 0.4) is 0 Å². The van der Waals surface area contributed by atoms with Gasteiger partial charge in [-0.15, -0.1) is 14.8 Å². The standard InChI is InChI=1S/C13H14N6O/c1-10-3-2-4-11(9-10)20-8-7-14-12-5-6-13-15-17-18-19(13)16-12/h2-6,9H,7-8H2,1H3,(H,14,16). The summed E-state index contributed by atoms with van der Waals surface area (Å²) in [6, 6.07) is 11.6. The SMILES string of the molecule is Cc1cccc(OCCNc2ccc3nnnn3n2)c1. The summed E-state index contributed by atoms with van der Waals surface area (Å²) < 4.78 is 7.02. The molecular formula is C13H14N6O. The fraction of sp³-hybridized carbons (Fsp3) is 0.231. The summed E-state index contributed by atoms with van der Waals surface area (Å²) in [6.45, 7) is 3.24. The number of aromatic nitrogens is 5. The van der Waals surface area contributed by atoms with Gasteiger partial charge in [0.1, 0.15) is 18.2 Å². The molecule has 7 heteroatoms. The molecule has 0 radical (unpaired) electrons. The maximum absolute atomic E-state index is 5.64. The highest BCUT2D eigenvalue weighted by Gasteiger charge is 2.00. The van der Waals surface area contributed by atoms with E-state index in [-0.39, 0.29) is 0 Å². The lowest BCUT2D eigenvalue weighted by Crippen LogP contribution is -2.13. The van der Waals surface area contributed by atoms with E-state index in [1.54, 1.807) is 6.07 Å². The molecule has 0 bridgehead atoms. The Bertz CT molecular complexity index is 711. The van der Waals surface area contributed by atoms with Crippen LogP contribution in [0.15, 0.2) is 36.4 Å². The predicted molar refractivity (Wildman–Crippen MR) is 73.7 cm³/mol. The highest BCUT2D eigenvalue weighted by Crippen LogP contribution is 2.12. The lowest BCUT2D eigenvalue weighted by molar-refractivity contribution is 0.332. The Labute approximate surface area is 115 Å². The van der Waals surface area contributed by atoms with Gasteiger partial charge in [-0.2, -0.15) is 0 Å². The summed E-state index contributed by atoms with van der Waals surface area (Å²) in [5.74, 6) is 1.58. The molecular weight excluding hydrogens is 256 g/mol. The number of rotatable bonds is 5. The number of benzene rings is 1. The molecule has 20 heavy (non-hydrogen) atoms. The molecule has 0 saturated heterocycles. The summed E-state index contributed by atoms with van der Waals surface area (Å²) in [5, 5.41) is 18.4. The van der Waals surface area contributed by atoms with Gasteiger partial charge in [0.15, 0.2) is 5.65 Å². The van der Waals surface area contributed by atoms with E-state index in [0.717, 1.165) is 5.75 Å². The van der Waals surface area contributed by atoms with Gasteiger partial charge in [-0.1, -0.05) is 12.1 Å². The van der Waals surface area contributed by atoms with E-state index < -0.39 is 0 Å².